The van der Waals surface area contributed by atoms with Gasteiger partial charge >= 0.3 is 6.09 Å². The highest BCUT2D eigenvalue weighted by atomic mass is 16.6. The molecule has 0 atom stereocenters. The molecule has 23 heavy (non-hydrogen) atoms. The first kappa shape index (κ1) is 17.3. The Morgan fingerprint density at radius 2 is 1.65 bits per heavy atom. The lowest BCUT2D eigenvalue weighted by molar-refractivity contribution is 0.0149. The lowest BCUT2D eigenvalue weighted by atomic mass is 10.1. The lowest BCUT2D eigenvalue weighted by Crippen LogP contribution is -2.51. The molecule has 0 bridgehead atoms. The number of hydrogen-bond donors (Lipinski definition) is 1. The highest BCUT2D eigenvalue weighted by molar-refractivity contribution is 5.97. The standard InChI is InChI=1S/C17H25N3O3/c1-17(2,3)23-16(22)20-10-8-19(9-11-20)12-15(21)13-4-6-14(18)7-5-13/h4-7H,8-12,18H2,1-3H3. The molecule has 6 heteroatoms. The van der Waals surface area contributed by atoms with Gasteiger partial charge in [0.25, 0.3) is 0 Å². The van der Waals surface area contributed by atoms with E-state index in [2.05, 4.69) is 4.90 Å². The molecule has 2 rings (SSSR count). The van der Waals surface area contributed by atoms with Crippen LogP contribution in [0.4, 0.5) is 10.5 Å². The van der Waals surface area contributed by atoms with Crippen molar-refractivity contribution >= 4 is 17.6 Å². The number of Topliss-reactive ketones (excluding diaryl/α,β-unsaturated/α-hetero) is 1. The Labute approximate surface area is 137 Å². The fourth-order valence-electron chi connectivity index (χ4n) is 2.38. The van der Waals surface area contributed by atoms with Crippen LogP contribution in [0.3, 0.4) is 0 Å². The third kappa shape index (κ3) is 5.25. The Morgan fingerprint density at radius 1 is 1.09 bits per heavy atom. The quantitative estimate of drug-likeness (QED) is 0.681. The first-order valence-corrected chi connectivity index (χ1v) is 7.83. The molecule has 1 aromatic carbocycles. The number of carbonyl (C=O) groups excluding carboxylic acids is 2. The highest BCUT2D eigenvalue weighted by Gasteiger charge is 2.26. The van der Waals surface area contributed by atoms with E-state index in [0.29, 0.717) is 44.0 Å². The predicted molar refractivity (Wildman–Crippen MR) is 89.4 cm³/mol. The number of amides is 1. The van der Waals surface area contributed by atoms with Crippen LogP contribution < -0.4 is 5.73 Å². The molecule has 0 radical (unpaired) electrons. The normalized spacial score (nSPS) is 16.2. The molecule has 0 unspecified atom stereocenters. The first-order valence-electron chi connectivity index (χ1n) is 7.83. The van der Waals surface area contributed by atoms with Gasteiger partial charge in [-0.1, -0.05) is 0 Å². The summed E-state index contributed by atoms with van der Waals surface area (Å²) in [6.07, 6.45) is -0.290. The second-order valence-corrected chi connectivity index (χ2v) is 6.79. The van der Waals surface area contributed by atoms with E-state index in [4.69, 9.17) is 10.5 Å². The van der Waals surface area contributed by atoms with Crippen LogP contribution in [0.15, 0.2) is 24.3 Å². The second kappa shape index (κ2) is 7.00. The molecule has 0 spiro atoms. The molecule has 1 aromatic rings. The van der Waals surface area contributed by atoms with Gasteiger partial charge in [-0.3, -0.25) is 9.69 Å². The molecule has 1 fully saturated rings. The van der Waals surface area contributed by atoms with E-state index >= 15 is 0 Å². The molecular weight excluding hydrogens is 294 g/mol. The second-order valence-electron chi connectivity index (χ2n) is 6.79. The number of hydrogen-bond acceptors (Lipinski definition) is 5. The molecule has 1 aliphatic heterocycles. The maximum absolute atomic E-state index is 12.2. The largest absolute Gasteiger partial charge is 0.444 e. The molecule has 1 amide bonds. The van der Waals surface area contributed by atoms with Crippen molar-refractivity contribution in [2.24, 2.45) is 0 Å². The number of carbonyl (C=O) groups is 2. The van der Waals surface area contributed by atoms with E-state index in [1.165, 1.54) is 0 Å². The Kier molecular flexibility index (Phi) is 5.26. The fourth-order valence-corrected chi connectivity index (χ4v) is 2.38. The molecule has 0 saturated carbocycles. The summed E-state index contributed by atoms with van der Waals surface area (Å²) < 4.78 is 5.36. The third-order valence-electron chi connectivity index (χ3n) is 3.62. The van der Waals surface area contributed by atoms with Crippen molar-refractivity contribution in [3.63, 3.8) is 0 Å². The number of rotatable bonds is 3. The topological polar surface area (TPSA) is 75.9 Å². The first-order chi connectivity index (χ1) is 10.7. The smallest absolute Gasteiger partial charge is 0.410 e. The van der Waals surface area contributed by atoms with Gasteiger partial charge in [0.05, 0.1) is 6.54 Å². The summed E-state index contributed by atoms with van der Waals surface area (Å²) in [4.78, 5) is 28.0. The van der Waals surface area contributed by atoms with Gasteiger partial charge in [-0.05, 0) is 45.0 Å². The van der Waals surface area contributed by atoms with Gasteiger partial charge in [-0.15, -0.1) is 0 Å². The van der Waals surface area contributed by atoms with Crippen LogP contribution in [0.5, 0.6) is 0 Å². The highest BCUT2D eigenvalue weighted by Crippen LogP contribution is 2.13. The van der Waals surface area contributed by atoms with E-state index in [1.54, 1.807) is 29.2 Å². The van der Waals surface area contributed by atoms with Gasteiger partial charge in [0.15, 0.2) is 5.78 Å². The zero-order valence-electron chi connectivity index (χ0n) is 14.0. The van der Waals surface area contributed by atoms with Crippen molar-refractivity contribution in [2.75, 3.05) is 38.5 Å². The number of piperazine rings is 1. The van der Waals surface area contributed by atoms with Crippen molar-refractivity contribution in [1.82, 2.24) is 9.80 Å². The van der Waals surface area contributed by atoms with E-state index in [0.717, 1.165) is 0 Å². The monoisotopic (exact) mass is 319 g/mol. The number of nitrogens with two attached hydrogens (primary N) is 1. The Bertz CT molecular complexity index is 555. The average molecular weight is 319 g/mol. The fraction of sp³-hybridized carbons (Fsp3) is 0.529. The van der Waals surface area contributed by atoms with Crippen LogP contribution in [0, 0.1) is 0 Å². The minimum atomic E-state index is -0.487. The summed E-state index contributed by atoms with van der Waals surface area (Å²) >= 11 is 0. The van der Waals surface area contributed by atoms with Gasteiger partial charge in [0.1, 0.15) is 5.60 Å². The van der Waals surface area contributed by atoms with Gasteiger partial charge in [-0.2, -0.15) is 0 Å². The molecule has 1 aliphatic rings. The van der Waals surface area contributed by atoms with Crippen molar-refractivity contribution in [2.45, 2.75) is 26.4 Å². The summed E-state index contributed by atoms with van der Waals surface area (Å²) in [7, 11) is 0. The van der Waals surface area contributed by atoms with Gasteiger partial charge in [0, 0.05) is 37.4 Å². The summed E-state index contributed by atoms with van der Waals surface area (Å²) in [6.45, 7) is 8.39. The average Bonchev–Trinajstić information content (AvgIpc) is 2.46. The van der Waals surface area contributed by atoms with Crippen molar-refractivity contribution in [3.05, 3.63) is 29.8 Å². The Hall–Kier alpha value is -2.08. The summed E-state index contributed by atoms with van der Waals surface area (Å²) in [5.41, 5.74) is 6.45. The van der Waals surface area contributed by atoms with Gasteiger partial charge < -0.3 is 15.4 Å². The van der Waals surface area contributed by atoms with Crippen molar-refractivity contribution in [3.8, 4) is 0 Å². The summed E-state index contributed by atoms with van der Waals surface area (Å²) in [5.74, 6) is 0.0655. The third-order valence-corrected chi connectivity index (χ3v) is 3.62. The Balaban J connectivity index is 1.81. The van der Waals surface area contributed by atoms with Crippen LogP contribution in [0.25, 0.3) is 0 Å². The molecular formula is C17H25N3O3. The minimum Gasteiger partial charge on any atom is -0.444 e. The lowest BCUT2D eigenvalue weighted by Gasteiger charge is -2.35. The number of ether oxygens (including phenoxy) is 1. The van der Waals surface area contributed by atoms with Gasteiger partial charge in [0.2, 0.25) is 0 Å². The summed E-state index contributed by atoms with van der Waals surface area (Å²) in [5, 5.41) is 0. The van der Waals surface area contributed by atoms with E-state index in [9.17, 15) is 9.59 Å². The number of benzene rings is 1. The van der Waals surface area contributed by atoms with Crippen molar-refractivity contribution in [1.29, 1.82) is 0 Å². The molecule has 126 valence electrons. The number of nitrogen functional groups attached to an aromatic ring is 1. The van der Waals surface area contributed by atoms with Crippen LogP contribution >= 0.6 is 0 Å². The van der Waals surface area contributed by atoms with Crippen LogP contribution in [0.1, 0.15) is 31.1 Å². The zero-order valence-corrected chi connectivity index (χ0v) is 14.0. The molecule has 0 aliphatic carbocycles. The molecule has 1 heterocycles. The molecule has 0 aromatic heterocycles. The molecule has 6 nitrogen and oxygen atoms in total. The minimum absolute atomic E-state index is 0.0655. The molecule has 1 saturated heterocycles. The van der Waals surface area contributed by atoms with Crippen molar-refractivity contribution < 1.29 is 14.3 Å². The maximum atomic E-state index is 12.2. The van der Waals surface area contributed by atoms with Crippen LogP contribution in [-0.4, -0.2) is 60.0 Å². The van der Waals surface area contributed by atoms with Crippen LogP contribution in [-0.2, 0) is 4.74 Å². The number of ketones is 1. The predicted octanol–water partition coefficient (Wildman–Crippen LogP) is 2.00. The van der Waals surface area contributed by atoms with E-state index in [-0.39, 0.29) is 11.9 Å². The Morgan fingerprint density at radius 3 is 2.17 bits per heavy atom. The number of anilines is 1. The van der Waals surface area contributed by atoms with Gasteiger partial charge in [-0.25, -0.2) is 4.79 Å². The molecule has 2 N–H and O–H groups in total. The summed E-state index contributed by atoms with van der Waals surface area (Å²) in [6, 6.07) is 6.95. The van der Waals surface area contributed by atoms with Crippen LogP contribution in [0.2, 0.25) is 0 Å². The SMILES string of the molecule is CC(C)(C)OC(=O)N1CCN(CC(=O)c2ccc(N)cc2)CC1. The van der Waals surface area contributed by atoms with E-state index in [1.807, 2.05) is 20.8 Å². The maximum Gasteiger partial charge on any atom is 0.410 e. The zero-order chi connectivity index (χ0) is 17.0. The van der Waals surface area contributed by atoms with E-state index < -0.39 is 5.60 Å². The number of nitrogens with zero attached hydrogens (tertiary/aromatic N) is 2.